The predicted molar refractivity (Wildman–Crippen MR) is 74.5 cm³/mol. The van der Waals surface area contributed by atoms with Crippen molar-refractivity contribution in [1.29, 1.82) is 5.26 Å². The maximum atomic E-state index is 10.8. The van der Waals surface area contributed by atoms with Crippen LogP contribution in [0.3, 0.4) is 0 Å². The molecule has 5 nitrogen and oxygen atoms in total. The molecule has 2 rings (SSSR count). The Balaban J connectivity index is 2.62. The molecule has 1 aromatic heterocycles. The molecule has 0 saturated carbocycles. The van der Waals surface area contributed by atoms with Crippen molar-refractivity contribution < 1.29 is 14.6 Å². The van der Waals surface area contributed by atoms with Gasteiger partial charge in [-0.25, -0.2) is 9.78 Å². The summed E-state index contributed by atoms with van der Waals surface area (Å²) < 4.78 is 5.11. The topological polar surface area (TPSA) is 83.2 Å². The third-order valence-electron chi connectivity index (χ3n) is 2.65. The second-order valence-electron chi connectivity index (χ2n) is 3.90. The normalized spacial score (nSPS) is 11.2. The molecule has 0 aliphatic carbocycles. The first kappa shape index (κ1) is 13.8. The minimum atomic E-state index is -1.31. The van der Waals surface area contributed by atoms with Gasteiger partial charge in [-0.05, 0) is 30.3 Å². The molecule has 0 spiro atoms. The van der Waals surface area contributed by atoms with E-state index in [0.717, 1.165) is 5.39 Å². The van der Waals surface area contributed by atoms with E-state index in [4.69, 9.17) is 26.7 Å². The van der Waals surface area contributed by atoms with Crippen molar-refractivity contribution in [2.75, 3.05) is 7.11 Å². The van der Waals surface area contributed by atoms with Crippen LogP contribution < -0.4 is 4.74 Å². The van der Waals surface area contributed by atoms with E-state index >= 15 is 0 Å². The summed E-state index contributed by atoms with van der Waals surface area (Å²) in [7, 11) is 1.55. The molecule has 0 atom stereocenters. The van der Waals surface area contributed by atoms with E-state index in [2.05, 4.69) is 4.98 Å². The van der Waals surface area contributed by atoms with Gasteiger partial charge in [0.15, 0.2) is 0 Å². The molecule has 0 saturated heterocycles. The fourth-order valence-corrected chi connectivity index (χ4v) is 1.87. The molecule has 0 aliphatic rings. The SMILES string of the molecule is COc1ccc2nc(Cl)c(/C=C(\C#N)C(=O)O)cc2c1. The summed E-state index contributed by atoms with van der Waals surface area (Å²) in [5.41, 5.74) is 0.615. The maximum absolute atomic E-state index is 10.8. The average molecular weight is 289 g/mol. The Morgan fingerprint density at radius 2 is 2.25 bits per heavy atom. The van der Waals surface area contributed by atoms with Gasteiger partial charge >= 0.3 is 5.97 Å². The molecule has 1 N–H and O–H groups in total. The number of nitriles is 1. The van der Waals surface area contributed by atoms with Crippen molar-refractivity contribution in [1.82, 2.24) is 4.98 Å². The number of hydrogen-bond acceptors (Lipinski definition) is 4. The minimum absolute atomic E-state index is 0.136. The number of nitrogens with zero attached hydrogens (tertiary/aromatic N) is 2. The third-order valence-corrected chi connectivity index (χ3v) is 2.96. The number of rotatable bonds is 3. The van der Waals surface area contributed by atoms with Gasteiger partial charge in [-0.2, -0.15) is 5.26 Å². The monoisotopic (exact) mass is 288 g/mol. The van der Waals surface area contributed by atoms with E-state index in [9.17, 15) is 4.79 Å². The standard InChI is InChI=1S/C14H9ClN2O3/c1-20-11-2-3-12-8(6-11)4-9(13(15)17-12)5-10(7-16)14(18)19/h2-6H,1H3,(H,18,19)/b10-5+. The average Bonchev–Trinajstić information content (AvgIpc) is 2.44. The molecule has 2 aromatic rings. The first-order valence-corrected chi connectivity index (χ1v) is 5.92. The summed E-state index contributed by atoms with van der Waals surface area (Å²) in [6.07, 6.45) is 1.19. The molecule has 20 heavy (non-hydrogen) atoms. The van der Waals surface area contributed by atoms with Crippen LogP contribution in [0.5, 0.6) is 5.75 Å². The summed E-state index contributed by atoms with van der Waals surface area (Å²) in [5.74, 6) is -0.662. The largest absolute Gasteiger partial charge is 0.497 e. The van der Waals surface area contributed by atoms with Crippen LogP contribution in [0.2, 0.25) is 5.15 Å². The highest BCUT2D eigenvalue weighted by atomic mass is 35.5. The first-order chi connectivity index (χ1) is 9.55. The third kappa shape index (κ3) is 2.71. The maximum Gasteiger partial charge on any atom is 0.346 e. The molecule has 6 heteroatoms. The van der Waals surface area contributed by atoms with Crippen molar-refractivity contribution >= 4 is 34.5 Å². The van der Waals surface area contributed by atoms with E-state index in [-0.39, 0.29) is 5.15 Å². The van der Waals surface area contributed by atoms with Crippen LogP contribution in [0.4, 0.5) is 0 Å². The second-order valence-corrected chi connectivity index (χ2v) is 4.26. The molecule has 0 fully saturated rings. The first-order valence-electron chi connectivity index (χ1n) is 5.54. The minimum Gasteiger partial charge on any atom is -0.497 e. The van der Waals surface area contributed by atoms with Crippen LogP contribution in [0.25, 0.3) is 17.0 Å². The van der Waals surface area contributed by atoms with Crippen LogP contribution >= 0.6 is 11.6 Å². The number of aromatic nitrogens is 1. The number of pyridine rings is 1. The zero-order valence-electron chi connectivity index (χ0n) is 10.4. The number of halogens is 1. The zero-order chi connectivity index (χ0) is 14.7. The molecular weight excluding hydrogens is 280 g/mol. The molecule has 0 bridgehead atoms. The number of ether oxygens (including phenoxy) is 1. The molecule has 1 aromatic carbocycles. The van der Waals surface area contributed by atoms with Gasteiger partial charge < -0.3 is 9.84 Å². The fraction of sp³-hybridized carbons (Fsp3) is 0.0714. The summed E-state index contributed by atoms with van der Waals surface area (Å²) in [6.45, 7) is 0. The van der Waals surface area contributed by atoms with Gasteiger partial charge in [0.05, 0.1) is 12.6 Å². The number of hydrogen-bond donors (Lipinski definition) is 1. The van der Waals surface area contributed by atoms with E-state index in [1.54, 1.807) is 37.4 Å². The predicted octanol–water partition coefficient (Wildman–Crippen LogP) is 2.89. The van der Waals surface area contributed by atoms with Gasteiger partial charge in [0.25, 0.3) is 0 Å². The lowest BCUT2D eigenvalue weighted by atomic mass is 10.1. The molecule has 0 radical (unpaired) electrons. The van der Waals surface area contributed by atoms with Crippen molar-refractivity contribution in [3.63, 3.8) is 0 Å². The van der Waals surface area contributed by atoms with E-state index in [0.29, 0.717) is 16.8 Å². The number of carboxylic acid groups (broad SMARTS) is 1. The highest BCUT2D eigenvalue weighted by molar-refractivity contribution is 6.31. The lowest BCUT2D eigenvalue weighted by Crippen LogP contribution is -1.98. The molecule has 0 unspecified atom stereocenters. The highest BCUT2D eigenvalue weighted by Gasteiger charge is 2.09. The number of carbonyl (C=O) groups is 1. The van der Waals surface area contributed by atoms with Crippen LogP contribution in [0, 0.1) is 11.3 Å². The molecule has 0 aliphatic heterocycles. The second kappa shape index (κ2) is 5.59. The van der Waals surface area contributed by atoms with Gasteiger partial charge in [0.1, 0.15) is 22.5 Å². The number of fused-ring (bicyclic) bond motifs is 1. The highest BCUT2D eigenvalue weighted by Crippen LogP contribution is 2.25. The number of aliphatic carboxylic acids is 1. The quantitative estimate of drug-likeness (QED) is 0.533. The number of methoxy groups -OCH3 is 1. The van der Waals surface area contributed by atoms with Crippen LogP contribution in [0.1, 0.15) is 5.56 Å². The summed E-state index contributed by atoms with van der Waals surface area (Å²) >= 11 is 5.99. The Hall–Kier alpha value is -2.58. The van der Waals surface area contributed by atoms with E-state index in [1.807, 2.05) is 0 Å². The molecular formula is C14H9ClN2O3. The van der Waals surface area contributed by atoms with Gasteiger partial charge in [-0.1, -0.05) is 11.6 Å². The van der Waals surface area contributed by atoms with Crippen LogP contribution in [0.15, 0.2) is 29.8 Å². The lowest BCUT2D eigenvalue weighted by molar-refractivity contribution is -0.132. The Morgan fingerprint density at radius 3 is 2.85 bits per heavy atom. The van der Waals surface area contributed by atoms with Crippen LogP contribution in [-0.2, 0) is 4.79 Å². The summed E-state index contributed by atoms with van der Waals surface area (Å²) in [6, 6.07) is 8.51. The van der Waals surface area contributed by atoms with Crippen LogP contribution in [-0.4, -0.2) is 23.2 Å². The Labute approximate surface area is 119 Å². The van der Waals surface area contributed by atoms with E-state index in [1.165, 1.54) is 6.08 Å². The number of carboxylic acids is 1. The Bertz CT molecular complexity index is 763. The Morgan fingerprint density at radius 1 is 1.50 bits per heavy atom. The van der Waals surface area contributed by atoms with Crippen molar-refractivity contribution in [3.05, 3.63) is 40.6 Å². The molecule has 100 valence electrons. The van der Waals surface area contributed by atoms with Crippen molar-refractivity contribution in [2.24, 2.45) is 0 Å². The molecule has 1 heterocycles. The summed E-state index contributed by atoms with van der Waals surface area (Å²) in [5, 5.41) is 18.5. The summed E-state index contributed by atoms with van der Waals surface area (Å²) in [4.78, 5) is 15.0. The van der Waals surface area contributed by atoms with E-state index < -0.39 is 11.5 Å². The fourth-order valence-electron chi connectivity index (χ4n) is 1.67. The van der Waals surface area contributed by atoms with Gasteiger partial charge in [0.2, 0.25) is 0 Å². The van der Waals surface area contributed by atoms with Gasteiger partial charge in [0, 0.05) is 10.9 Å². The van der Waals surface area contributed by atoms with Crippen molar-refractivity contribution in [3.8, 4) is 11.8 Å². The smallest absolute Gasteiger partial charge is 0.346 e. The Kier molecular flexibility index (Phi) is 3.87. The van der Waals surface area contributed by atoms with Gasteiger partial charge in [-0.3, -0.25) is 0 Å². The lowest BCUT2D eigenvalue weighted by Gasteiger charge is -2.05. The number of benzene rings is 1. The zero-order valence-corrected chi connectivity index (χ0v) is 11.2. The van der Waals surface area contributed by atoms with Gasteiger partial charge in [-0.15, -0.1) is 0 Å². The van der Waals surface area contributed by atoms with Crippen molar-refractivity contribution in [2.45, 2.75) is 0 Å². The molecule has 0 amide bonds.